The molecule has 7 heteroatoms. The smallest absolute Gasteiger partial charge is 0.192 e. The summed E-state index contributed by atoms with van der Waals surface area (Å²) < 4.78 is 0. The number of nitrogens with zero attached hydrogens (tertiary/aromatic N) is 2. The minimum atomic E-state index is -0.134. The summed E-state index contributed by atoms with van der Waals surface area (Å²) in [7, 11) is 0. The molecule has 0 saturated heterocycles. The van der Waals surface area contributed by atoms with Crippen LogP contribution in [0.3, 0.4) is 0 Å². The highest BCUT2D eigenvalue weighted by atomic mass is 35.5. The lowest BCUT2D eigenvalue weighted by molar-refractivity contribution is 1.24. The van der Waals surface area contributed by atoms with Gasteiger partial charge in [-0.3, -0.25) is 4.79 Å². The predicted octanol–water partition coefficient (Wildman–Crippen LogP) is 2.62. The van der Waals surface area contributed by atoms with E-state index in [0.717, 1.165) is 0 Å². The number of hydrogen-bond donors (Lipinski definition) is 2. The highest BCUT2D eigenvalue weighted by molar-refractivity contribution is 6.41. The normalized spacial score (nSPS) is 11.0. The number of hydrogen-bond acceptors (Lipinski definition) is 3. The van der Waals surface area contributed by atoms with Gasteiger partial charge in [-0.25, -0.2) is 9.97 Å². The molecule has 5 nitrogen and oxygen atoms in total. The summed E-state index contributed by atoms with van der Waals surface area (Å²) >= 11 is 11.7. The number of imidazole rings is 1. The number of nitrogens with one attached hydrogen (secondary N) is 2. The zero-order valence-corrected chi connectivity index (χ0v) is 10.4. The summed E-state index contributed by atoms with van der Waals surface area (Å²) in [6.45, 7) is 0. The van der Waals surface area contributed by atoms with Gasteiger partial charge in [0.05, 0.1) is 16.1 Å². The Labute approximate surface area is 111 Å². The molecule has 0 fully saturated rings. The Morgan fingerprint density at radius 1 is 1.22 bits per heavy atom. The molecule has 0 unspecified atom stereocenters. The number of aromatic amines is 2. The molecule has 0 spiro atoms. The lowest BCUT2D eigenvalue weighted by Crippen LogP contribution is -2.03. The van der Waals surface area contributed by atoms with Gasteiger partial charge in [0.15, 0.2) is 11.1 Å². The van der Waals surface area contributed by atoms with Crippen molar-refractivity contribution in [3.63, 3.8) is 0 Å². The zero-order chi connectivity index (χ0) is 12.7. The second-order valence-electron chi connectivity index (χ2n) is 3.64. The van der Waals surface area contributed by atoms with Crippen LogP contribution in [0.4, 0.5) is 0 Å². The van der Waals surface area contributed by atoms with Crippen LogP contribution in [0.25, 0.3) is 22.6 Å². The van der Waals surface area contributed by atoms with E-state index in [0.29, 0.717) is 27.6 Å². The molecule has 3 aromatic rings. The number of halogens is 2. The van der Waals surface area contributed by atoms with Crippen molar-refractivity contribution in [2.45, 2.75) is 0 Å². The van der Waals surface area contributed by atoms with Crippen molar-refractivity contribution in [1.29, 1.82) is 0 Å². The third-order valence-corrected chi connectivity index (χ3v) is 3.14. The van der Waals surface area contributed by atoms with Crippen molar-refractivity contribution in [2.75, 3.05) is 0 Å². The van der Waals surface area contributed by atoms with Gasteiger partial charge < -0.3 is 9.97 Å². The summed E-state index contributed by atoms with van der Waals surface area (Å²) in [6, 6.07) is 3.05. The molecule has 0 saturated carbocycles. The molecular formula is C11H6Cl2N4O. The molecule has 3 aromatic heterocycles. The molecule has 18 heavy (non-hydrogen) atoms. The van der Waals surface area contributed by atoms with Crippen molar-refractivity contribution in [2.24, 2.45) is 0 Å². The number of H-pyrrole nitrogens is 2. The summed E-state index contributed by atoms with van der Waals surface area (Å²) in [6.07, 6.45) is 3.13. The van der Waals surface area contributed by atoms with Gasteiger partial charge in [0.1, 0.15) is 11.0 Å². The average molecular weight is 281 g/mol. The Kier molecular flexibility index (Phi) is 2.57. The van der Waals surface area contributed by atoms with E-state index in [1.165, 1.54) is 6.07 Å². The standard InChI is InChI=1S/C11H6Cl2N4O/c12-6-3-7-11(16-9(6)13)17-10(15-7)5-4-14-2-1-8(5)18/h1-4H,(H,14,18)(H,15,16,17). The molecule has 0 atom stereocenters. The molecule has 0 amide bonds. The van der Waals surface area contributed by atoms with Crippen LogP contribution in [0.2, 0.25) is 10.2 Å². The van der Waals surface area contributed by atoms with Crippen LogP contribution < -0.4 is 5.43 Å². The lowest BCUT2D eigenvalue weighted by atomic mass is 10.2. The van der Waals surface area contributed by atoms with E-state index in [1.54, 1.807) is 18.5 Å². The Morgan fingerprint density at radius 3 is 2.83 bits per heavy atom. The van der Waals surface area contributed by atoms with Gasteiger partial charge in [-0.1, -0.05) is 23.2 Å². The topological polar surface area (TPSA) is 74.4 Å². The number of fused-ring (bicyclic) bond motifs is 1. The van der Waals surface area contributed by atoms with Gasteiger partial charge in [0, 0.05) is 18.5 Å². The lowest BCUT2D eigenvalue weighted by Gasteiger charge is -1.92. The van der Waals surface area contributed by atoms with Crippen molar-refractivity contribution >= 4 is 34.4 Å². The fourth-order valence-electron chi connectivity index (χ4n) is 1.62. The maximum absolute atomic E-state index is 11.7. The quantitative estimate of drug-likeness (QED) is 0.673. The van der Waals surface area contributed by atoms with Crippen LogP contribution in [-0.2, 0) is 0 Å². The first-order valence-corrected chi connectivity index (χ1v) is 5.80. The first kappa shape index (κ1) is 11.3. The van der Waals surface area contributed by atoms with E-state index in [9.17, 15) is 4.79 Å². The Bertz CT molecular complexity index is 754. The van der Waals surface area contributed by atoms with Crippen LogP contribution in [-0.4, -0.2) is 19.9 Å². The highest BCUT2D eigenvalue weighted by Gasteiger charge is 2.11. The summed E-state index contributed by atoms with van der Waals surface area (Å²) in [4.78, 5) is 25.7. The van der Waals surface area contributed by atoms with Gasteiger partial charge >= 0.3 is 0 Å². The van der Waals surface area contributed by atoms with Gasteiger partial charge in [-0.2, -0.15) is 0 Å². The monoisotopic (exact) mass is 280 g/mol. The molecule has 3 heterocycles. The van der Waals surface area contributed by atoms with E-state index in [-0.39, 0.29) is 10.6 Å². The average Bonchev–Trinajstić information content (AvgIpc) is 2.73. The first-order chi connectivity index (χ1) is 8.65. The van der Waals surface area contributed by atoms with Crippen molar-refractivity contribution in [3.05, 3.63) is 44.9 Å². The number of rotatable bonds is 1. The predicted molar refractivity (Wildman–Crippen MR) is 70.0 cm³/mol. The molecule has 0 radical (unpaired) electrons. The van der Waals surface area contributed by atoms with E-state index >= 15 is 0 Å². The van der Waals surface area contributed by atoms with Crippen LogP contribution in [0.5, 0.6) is 0 Å². The van der Waals surface area contributed by atoms with E-state index in [1.807, 2.05) is 0 Å². The van der Waals surface area contributed by atoms with Gasteiger partial charge in [-0.15, -0.1) is 0 Å². The van der Waals surface area contributed by atoms with E-state index in [2.05, 4.69) is 19.9 Å². The molecule has 0 aliphatic rings. The summed E-state index contributed by atoms with van der Waals surface area (Å²) in [5.41, 5.74) is 1.35. The molecule has 0 aromatic carbocycles. The molecule has 90 valence electrons. The highest BCUT2D eigenvalue weighted by Crippen LogP contribution is 2.24. The largest absolute Gasteiger partial charge is 0.367 e. The zero-order valence-electron chi connectivity index (χ0n) is 8.87. The fraction of sp³-hybridized carbons (Fsp3) is 0. The maximum atomic E-state index is 11.7. The van der Waals surface area contributed by atoms with Crippen LogP contribution in [0, 0.1) is 0 Å². The third-order valence-electron chi connectivity index (χ3n) is 2.46. The number of aromatic nitrogens is 4. The SMILES string of the molecule is O=c1cc[nH]cc1-c1nc2nc(Cl)c(Cl)cc2[nH]1. The second kappa shape index (κ2) is 4.12. The van der Waals surface area contributed by atoms with Gasteiger partial charge in [-0.05, 0) is 6.07 Å². The maximum Gasteiger partial charge on any atom is 0.192 e. The minimum Gasteiger partial charge on any atom is -0.367 e. The van der Waals surface area contributed by atoms with Gasteiger partial charge in [0.25, 0.3) is 0 Å². The first-order valence-electron chi connectivity index (χ1n) is 5.04. The molecule has 2 N–H and O–H groups in total. The third kappa shape index (κ3) is 1.77. The summed E-state index contributed by atoms with van der Waals surface area (Å²) in [5.74, 6) is 0.428. The van der Waals surface area contributed by atoms with E-state index < -0.39 is 0 Å². The van der Waals surface area contributed by atoms with Crippen molar-refractivity contribution in [1.82, 2.24) is 19.9 Å². The fourth-order valence-corrected chi connectivity index (χ4v) is 1.91. The van der Waals surface area contributed by atoms with Crippen molar-refractivity contribution in [3.8, 4) is 11.4 Å². The van der Waals surface area contributed by atoms with Gasteiger partial charge in [0.2, 0.25) is 0 Å². The molecule has 0 bridgehead atoms. The van der Waals surface area contributed by atoms with Crippen molar-refractivity contribution < 1.29 is 0 Å². The molecular weight excluding hydrogens is 275 g/mol. The Morgan fingerprint density at radius 2 is 2.06 bits per heavy atom. The molecule has 0 aliphatic carbocycles. The number of pyridine rings is 2. The van der Waals surface area contributed by atoms with Crippen LogP contribution >= 0.6 is 23.2 Å². The van der Waals surface area contributed by atoms with Crippen LogP contribution in [0.15, 0.2) is 29.3 Å². The summed E-state index contributed by atoms with van der Waals surface area (Å²) in [5, 5.41) is 0.519. The minimum absolute atomic E-state index is 0.134. The van der Waals surface area contributed by atoms with Crippen LogP contribution in [0.1, 0.15) is 0 Å². The molecule has 0 aliphatic heterocycles. The molecule has 3 rings (SSSR count). The second-order valence-corrected chi connectivity index (χ2v) is 4.41. The Hall–Kier alpha value is -1.85. The van der Waals surface area contributed by atoms with E-state index in [4.69, 9.17) is 23.2 Å². The Balaban J connectivity index is 2.26.